The van der Waals surface area contributed by atoms with Crippen LogP contribution in [-0.4, -0.2) is 124 Å². The quantitative estimate of drug-likeness (QED) is 0.293. The summed E-state index contributed by atoms with van der Waals surface area (Å²) in [6.07, 6.45) is -8.59. The summed E-state index contributed by atoms with van der Waals surface area (Å²) in [6, 6.07) is 4.17. The van der Waals surface area contributed by atoms with Gasteiger partial charge in [-0.2, -0.15) is 0 Å². The Morgan fingerprint density at radius 2 is 1.46 bits per heavy atom. The van der Waals surface area contributed by atoms with Gasteiger partial charge in [-0.15, -0.1) is 0 Å². The Hall–Kier alpha value is -5.89. The second-order valence-electron chi connectivity index (χ2n) is 16.1. The number of nitrogens with zero attached hydrogens (tertiary/aromatic N) is 1. The molecule has 1 spiro atoms. The van der Waals surface area contributed by atoms with Gasteiger partial charge in [0.05, 0.1) is 34.9 Å². The highest BCUT2D eigenvalue weighted by Crippen LogP contribution is 2.70. The number of rotatable bonds is 8. The van der Waals surface area contributed by atoms with E-state index in [0.717, 1.165) is 54.1 Å². The molecule has 1 saturated heterocycles. The zero-order valence-corrected chi connectivity index (χ0v) is 34.7. The molecule has 2 aromatic heterocycles. The van der Waals surface area contributed by atoms with E-state index < -0.39 is 132 Å². The van der Waals surface area contributed by atoms with Crippen LogP contribution in [0.15, 0.2) is 41.3 Å². The van der Waals surface area contributed by atoms with Gasteiger partial charge in [-0.05, 0) is 44.9 Å². The first-order valence-corrected chi connectivity index (χ1v) is 19.4. The lowest BCUT2D eigenvalue weighted by Crippen LogP contribution is -2.89. The number of hydrogen-bond donors (Lipinski definition) is 1. The van der Waals surface area contributed by atoms with Crippen molar-refractivity contribution >= 4 is 47.8 Å². The number of carbonyl (C=O) groups excluding carboxylic acids is 8. The number of cyclic esters (lactones) is 1. The van der Waals surface area contributed by atoms with E-state index in [0.29, 0.717) is 0 Å². The van der Waals surface area contributed by atoms with Crippen LogP contribution in [0.2, 0.25) is 0 Å². The molecule has 4 heterocycles. The predicted molar refractivity (Wildman–Crippen MR) is 197 cm³/mol. The van der Waals surface area contributed by atoms with Gasteiger partial charge in [0.2, 0.25) is 0 Å². The normalized spacial score (nSPS) is 35.4. The number of ether oxygens (including phenoxy) is 9. The molecule has 2 aliphatic carbocycles. The van der Waals surface area contributed by atoms with Crippen molar-refractivity contribution in [3.63, 3.8) is 0 Å². The fraction of sp³-hybridized carbons (Fsp3) is 0.585. The van der Waals surface area contributed by atoms with E-state index in [9.17, 15) is 43.5 Å². The first-order chi connectivity index (χ1) is 28.6. The van der Waals surface area contributed by atoms with E-state index in [2.05, 4.69) is 4.98 Å². The van der Waals surface area contributed by atoms with Crippen LogP contribution in [0.25, 0.3) is 0 Å². The lowest BCUT2D eigenvalue weighted by Gasteiger charge is -2.67. The van der Waals surface area contributed by atoms with Gasteiger partial charge < -0.3 is 52.2 Å². The number of fused-ring (bicyclic) bond motifs is 5. The third-order valence-electron chi connectivity index (χ3n) is 11.8. The molecule has 2 aliphatic heterocycles. The van der Waals surface area contributed by atoms with Crippen LogP contribution in [0, 0.1) is 17.3 Å². The molecule has 0 aromatic carbocycles. The Morgan fingerprint density at radius 1 is 0.836 bits per heavy atom. The molecule has 4 aliphatic rings. The summed E-state index contributed by atoms with van der Waals surface area (Å²) >= 11 is 0. The van der Waals surface area contributed by atoms with E-state index in [-0.39, 0.29) is 29.7 Å². The molecular weight excluding hydrogens is 810 g/mol. The zero-order valence-electron chi connectivity index (χ0n) is 34.7. The third-order valence-corrected chi connectivity index (χ3v) is 11.8. The number of pyridine rings is 1. The summed E-state index contributed by atoms with van der Waals surface area (Å²) in [5.74, 6) is -10.8. The average Bonchev–Trinajstić information content (AvgIpc) is 3.79. The van der Waals surface area contributed by atoms with E-state index in [1.165, 1.54) is 38.2 Å². The highest BCUT2D eigenvalue weighted by molar-refractivity contribution is 5.91. The van der Waals surface area contributed by atoms with Crippen molar-refractivity contribution in [2.75, 3.05) is 13.2 Å². The van der Waals surface area contributed by atoms with Crippen molar-refractivity contribution in [2.24, 2.45) is 17.3 Å². The molecule has 330 valence electrons. The average molecular weight is 858 g/mol. The molecule has 0 amide bonds. The monoisotopic (exact) mass is 857 g/mol. The SMILES string of the molecule is CC(=O)OC[C@]12[C@H](OC(C)=O)[C@H](OC(C)=O)C3[C@@H](OC(C)=O)[C@@]14OC3(C)COC(=O)c1cccnc1CC[C@H](C)C(=O)O[C@@H]([C@H](OC(=O)c1ccoc1)[C@@H]2OC(C)=O)[C@]4(C)O. The Bertz CT molecular complexity index is 2100. The van der Waals surface area contributed by atoms with Crippen LogP contribution in [0.3, 0.4) is 0 Å². The molecule has 2 aromatic rings. The Balaban J connectivity index is 1.77. The van der Waals surface area contributed by atoms with Gasteiger partial charge in [0.1, 0.15) is 48.3 Å². The Morgan fingerprint density at radius 3 is 2.05 bits per heavy atom. The van der Waals surface area contributed by atoms with Gasteiger partial charge >= 0.3 is 47.8 Å². The molecule has 2 unspecified atom stereocenters. The fourth-order valence-electron chi connectivity index (χ4n) is 9.54. The molecule has 20 heteroatoms. The fourth-order valence-corrected chi connectivity index (χ4v) is 9.54. The maximum atomic E-state index is 14.3. The van der Waals surface area contributed by atoms with Crippen molar-refractivity contribution in [2.45, 2.75) is 122 Å². The number of furan rings is 1. The molecule has 61 heavy (non-hydrogen) atoms. The van der Waals surface area contributed by atoms with Crippen LogP contribution in [-0.2, 0) is 77.8 Å². The van der Waals surface area contributed by atoms with Gasteiger partial charge in [-0.3, -0.25) is 33.8 Å². The minimum atomic E-state index is -2.87. The smallest absolute Gasteiger partial charge is 0.341 e. The van der Waals surface area contributed by atoms with Crippen LogP contribution < -0.4 is 0 Å². The molecule has 2 saturated carbocycles. The van der Waals surface area contributed by atoms with Gasteiger partial charge in [0, 0.05) is 40.8 Å². The minimum absolute atomic E-state index is 0.0163. The summed E-state index contributed by atoms with van der Waals surface area (Å²) < 4.78 is 60.1. The molecule has 1 N–H and O–H groups in total. The molecule has 12 atom stereocenters. The van der Waals surface area contributed by atoms with Gasteiger partial charge in [0.25, 0.3) is 0 Å². The number of aliphatic hydroxyl groups is 1. The molecule has 6 rings (SSSR count). The minimum Gasteiger partial charge on any atom is -0.472 e. The number of aromatic nitrogens is 1. The number of hydrogen-bond acceptors (Lipinski definition) is 20. The Kier molecular flexibility index (Phi) is 12.1. The molecule has 3 fully saturated rings. The first kappa shape index (κ1) is 44.7. The van der Waals surface area contributed by atoms with E-state index in [1.54, 1.807) is 0 Å². The van der Waals surface area contributed by atoms with Gasteiger partial charge in [-0.1, -0.05) is 6.92 Å². The Labute approximate surface area is 348 Å². The largest absolute Gasteiger partial charge is 0.472 e. The predicted octanol–water partition coefficient (Wildman–Crippen LogP) is 1.75. The lowest BCUT2D eigenvalue weighted by atomic mass is 9.45. The summed E-state index contributed by atoms with van der Waals surface area (Å²) in [6.45, 7) is 7.05. The summed E-state index contributed by atoms with van der Waals surface area (Å²) in [4.78, 5) is 113. The van der Waals surface area contributed by atoms with Gasteiger partial charge in [-0.25, -0.2) is 9.59 Å². The topological polar surface area (TPSA) is 266 Å². The van der Waals surface area contributed by atoms with Crippen LogP contribution in [0.4, 0.5) is 0 Å². The zero-order chi connectivity index (χ0) is 44.8. The maximum absolute atomic E-state index is 14.3. The molecule has 0 radical (unpaired) electrons. The summed E-state index contributed by atoms with van der Waals surface area (Å²) in [5, 5.41) is 13.6. The maximum Gasteiger partial charge on any atom is 0.341 e. The van der Waals surface area contributed by atoms with Crippen molar-refractivity contribution in [3.8, 4) is 0 Å². The van der Waals surface area contributed by atoms with Gasteiger partial charge in [0.15, 0.2) is 30.0 Å². The van der Waals surface area contributed by atoms with Crippen LogP contribution in [0.5, 0.6) is 0 Å². The molecule has 4 bridgehead atoms. The van der Waals surface area contributed by atoms with Crippen LogP contribution >= 0.6 is 0 Å². The third kappa shape index (κ3) is 7.59. The number of carbonyl (C=O) groups is 8. The van der Waals surface area contributed by atoms with E-state index in [4.69, 9.17) is 47.0 Å². The highest BCUT2D eigenvalue weighted by Gasteiger charge is 2.92. The summed E-state index contributed by atoms with van der Waals surface area (Å²) in [5.41, 5.74) is -10.3. The molecule has 20 nitrogen and oxygen atoms in total. The van der Waals surface area contributed by atoms with E-state index >= 15 is 0 Å². The lowest BCUT2D eigenvalue weighted by molar-refractivity contribution is -0.386. The second-order valence-corrected chi connectivity index (χ2v) is 16.1. The molecular formula is C41H47NO19. The highest BCUT2D eigenvalue weighted by atomic mass is 16.7. The van der Waals surface area contributed by atoms with Crippen LogP contribution in [0.1, 0.15) is 88.2 Å². The second kappa shape index (κ2) is 16.5. The number of esters is 8. The van der Waals surface area contributed by atoms with Crippen molar-refractivity contribution < 1.29 is 90.5 Å². The number of aryl methyl sites for hydroxylation is 1. The van der Waals surface area contributed by atoms with E-state index in [1.807, 2.05) is 0 Å². The van der Waals surface area contributed by atoms with Crippen molar-refractivity contribution in [1.82, 2.24) is 4.98 Å². The van der Waals surface area contributed by atoms with Crippen molar-refractivity contribution in [3.05, 3.63) is 53.7 Å². The first-order valence-electron chi connectivity index (χ1n) is 19.4. The summed E-state index contributed by atoms with van der Waals surface area (Å²) in [7, 11) is 0. The standard InChI is InChI=1S/C41H47NO19/c1-19-11-12-27-26(10-9-14-42-27)37(50)54-17-38(7)28-29(55-21(3)44)33(57-23(5)46)40(18-53-20(2)43)34(58-24(6)47)30(59-36(49)25-13-15-52-16-25)32(60-35(19)48)39(8,51)41(40,61-38)31(28)56-22(4)45/h9-10,13-16,19,28-34,51H,11-12,17-18H2,1-8H3/t19-,28?,29+,30-,31+,32-,33+,34-,38?,39-,40+,41-/m0/s1. The van der Waals surface area contributed by atoms with Crippen molar-refractivity contribution in [1.29, 1.82) is 0 Å².